The Morgan fingerprint density at radius 1 is 0.474 bits per heavy atom. The number of hydrogen-bond donors (Lipinski definition) is 1. The number of anilines is 2. The lowest BCUT2D eigenvalue weighted by Crippen LogP contribution is -1.89. The minimum atomic E-state index is 1.10. The van der Waals surface area contributed by atoms with E-state index in [2.05, 4.69) is 66.0 Å². The fraction of sp³-hybridized carbons (Fsp3) is 0. The van der Waals surface area contributed by atoms with Crippen LogP contribution in [0.25, 0.3) is 11.1 Å². The van der Waals surface area contributed by atoms with Gasteiger partial charge >= 0.3 is 0 Å². The van der Waals surface area contributed by atoms with Gasteiger partial charge in [-0.2, -0.15) is 0 Å². The van der Waals surface area contributed by atoms with Crippen molar-refractivity contribution in [3.8, 4) is 11.1 Å². The molecule has 0 aliphatic heterocycles. The summed E-state index contributed by atoms with van der Waals surface area (Å²) in [6.07, 6.45) is 0. The van der Waals surface area contributed by atoms with E-state index in [0.29, 0.717) is 0 Å². The third-order valence-corrected chi connectivity index (χ3v) is 3.03. The fourth-order valence-corrected chi connectivity index (χ4v) is 2.10. The maximum absolute atomic E-state index is 3.41. The van der Waals surface area contributed by atoms with E-state index in [1.54, 1.807) is 0 Å². The maximum Gasteiger partial charge on any atom is 0.0390 e. The molecular formula is C18H15N. The maximum atomic E-state index is 3.41. The first-order chi connectivity index (χ1) is 9.42. The standard InChI is InChI=1S/C18H15N/c1-3-8-15(9-4-1)16-10-7-13-18(14-16)19-17-11-5-2-6-12-17/h1-14,19H. The van der Waals surface area contributed by atoms with Gasteiger partial charge in [0.2, 0.25) is 0 Å². The SMILES string of the molecule is c1ccc(Nc2cccc(-c3ccccc3)c2)cc1. The Kier molecular flexibility index (Phi) is 3.28. The van der Waals surface area contributed by atoms with Crippen molar-refractivity contribution in [2.45, 2.75) is 0 Å². The smallest absolute Gasteiger partial charge is 0.0390 e. The first-order valence-corrected chi connectivity index (χ1v) is 6.39. The minimum absolute atomic E-state index is 1.10. The van der Waals surface area contributed by atoms with Crippen LogP contribution in [0.5, 0.6) is 0 Å². The molecule has 0 aromatic heterocycles. The highest BCUT2D eigenvalue weighted by Gasteiger charge is 1.98. The molecule has 0 atom stereocenters. The van der Waals surface area contributed by atoms with E-state index in [9.17, 15) is 0 Å². The molecule has 1 heteroatoms. The van der Waals surface area contributed by atoms with Crippen LogP contribution in [-0.4, -0.2) is 0 Å². The van der Waals surface area contributed by atoms with Crippen LogP contribution in [-0.2, 0) is 0 Å². The van der Waals surface area contributed by atoms with Crippen molar-refractivity contribution in [3.63, 3.8) is 0 Å². The first kappa shape index (κ1) is 11.5. The van der Waals surface area contributed by atoms with E-state index >= 15 is 0 Å². The van der Waals surface area contributed by atoms with Crippen LogP contribution in [0.2, 0.25) is 0 Å². The predicted octanol–water partition coefficient (Wildman–Crippen LogP) is 5.10. The van der Waals surface area contributed by atoms with Crippen LogP contribution >= 0.6 is 0 Å². The summed E-state index contributed by atoms with van der Waals surface area (Å²) in [4.78, 5) is 0. The van der Waals surface area contributed by atoms with Crippen LogP contribution in [0.3, 0.4) is 0 Å². The molecule has 1 nitrogen and oxygen atoms in total. The molecule has 1 N–H and O–H groups in total. The van der Waals surface area contributed by atoms with Gasteiger partial charge in [0.25, 0.3) is 0 Å². The average Bonchev–Trinajstić information content (AvgIpc) is 2.49. The number of benzene rings is 3. The van der Waals surface area contributed by atoms with Crippen LogP contribution in [0.1, 0.15) is 0 Å². The molecule has 0 aliphatic rings. The molecular weight excluding hydrogens is 230 g/mol. The van der Waals surface area contributed by atoms with E-state index in [4.69, 9.17) is 0 Å². The summed E-state index contributed by atoms with van der Waals surface area (Å²) in [6.45, 7) is 0. The summed E-state index contributed by atoms with van der Waals surface area (Å²) >= 11 is 0. The van der Waals surface area contributed by atoms with Crippen molar-refractivity contribution in [2.75, 3.05) is 5.32 Å². The summed E-state index contributed by atoms with van der Waals surface area (Å²) in [7, 11) is 0. The van der Waals surface area contributed by atoms with E-state index in [1.165, 1.54) is 11.1 Å². The Hall–Kier alpha value is -2.54. The third-order valence-electron chi connectivity index (χ3n) is 3.03. The van der Waals surface area contributed by atoms with Crippen molar-refractivity contribution in [3.05, 3.63) is 84.9 Å². The van der Waals surface area contributed by atoms with Gasteiger partial charge in [0.15, 0.2) is 0 Å². The highest BCUT2D eigenvalue weighted by molar-refractivity contribution is 5.70. The van der Waals surface area contributed by atoms with Gasteiger partial charge in [0.05, 0.1) is 0 Å². The van der Waals surface area contributed by atoms with Gasteiger partial charge in [0.1, 0.15) is 0 Å². The predicted molar refractivity (Wildman–Crippen MR) is 81.6 cm³/mol. The fourth-order valence-electron chi connectivity index (χ4n) is 2.10. The van der Waals surface area contributed by atoms with Gasteiger partial charge in [0, 0.05) is 11.4 Å². The number of hydrogen-bond acceptors (Lipinski definition) is 1. The molecule has 0 heterocycles. The van der Waals surface area contributed by atoms with Crippen LogP contribution < -0.4 is 5.32 Å². The van der Waals surface area contributed by atoms with Crippen molar-refractivity contribution >= 4 is 11.4 Å². The quantitative estimate of drug-likeness (QED) is 0.677. The molecule has 0 bridgehead atoms. The van der Waals surface area contributed by atoms with Crippen LogP contribution in [0.15, 0.2) is 84.9 Å². The summed E-state index contributed by atoms with van der Waals surface area (Å²) in [5.41, 5.74) is 4.67. The van der Waals surface area contributed by atoms with E-state index in [1.807, 2.05) is 24.3 Å². The van der Waals surface area contributed by atoms with Gasteiger partial charge in [-0.05, 0) is 35.4 Å². The normalized spacial score (nSPS) is 10.1. The second-order valence-electron chi connectivity index (χ2n) is 4.44. The van der Waals surface area contributed by atoms with E-state index in [-0.39, 0.29) is 0 Å². The molecule has 3 aromatic carbocycles. The lowest BCUT2D eigenvalue weighted by molar-refractivity contribution is 1.54. The van der Waals surface area contributed by atoms with Gasteiger partial charge in [-0.3, -0.25) is 0 Å². The number of para-hydroxylation sites is 1. The topological polar surface area (TPSA) is 12.0 Å². The van der Waals surface area contributed by atoms with E-state index < -0.39 is 0 Å². The van der Waals surface area contributed by atoms with Crippen molar-refractivity contribution in [1.82, 2.24) is 0 Å². The van der Waals surface area contributed by atoms with Gasteiger partial charge < -0.3 is 5.32 Å². The molecule has 0 saturated carbocycles. The second kappa shape index (κ2) is 5.40. The van der Waals surface area contributed by atoms with Gasteiger partial charge in [-0.15, -0.1) is 0 Å². The molecule has 0 aliphatic carbocycles. The second-order valence-corrected chi connectivity index (χ2v) is 4.44. The first-order valence-electron chi connectivity index (χ1n) is 6.39. The molecule has 0 radical (unpaired) electrons. The molecule has 0 unspecified atom stereocenters. The van der Waals surface area contributed by atoms with Crippen LogP contribution in [0.4, 0.5) is 11.4 Å². The van der Waals surface area contributed by atoms with Crippen molar-refractivity contribution in [1.29, 1.82) is 0 Å². The zero-order valence-electron chi connectivity index (χ0n) is 10.6. The molecule has 0 amide bonds. The molecule has 0 fully saturated rings. The van der Waals surface area contributed by atoms with Gasteiger partial charge in [-0.25, -0.2) is 0 Å². The molecule has 0 saturated heterocycles. The van der Waals surface area contributed by atoms with Crippen molar-refractivity contribution < 1.29 is 0 Å². The number of nitrogens with one attached hydrogen (secondary N) is 1. The number of rotatable bonds is 3. The molecule has 3 aromatic rings. The summed E-state index contributed by atoms with van der Waals surface area (Å²) in [6, 6.07) is 29.1. The largest absolute Gasteiger partial charge is 0.356 e. The summed E-state index contributed by atoms with van der Waals surface area (Å²) in [5.74, 6) is 0. The molecule has 3 rings (SSSR count). The Labute approximate surface area is 113 Å². The Balaban J connectivity index is 1.89. The Bertz CT molecular complexity index is 645. The lowest BCUT2D eigenvalue weighted by Gasteiger charge is -2.08. The zero-order chi connectivity index (χ0) is 12.9. The lowest BCUT2D eigenvalue weighted by atomic mass is 10.1. The Morgan fingerprint density at radius 3 is 1.79 bits per heavy atom. The van der Waals surface area contributed by atoms with Crippen molar-refractivity contribution in [2.24, 2.45) is 0 Å². The Morgan fingerprint density at radius 2 is 1.05 bits per heavy atom. The highest BCUT2D eigenvalue weighted by atomic mass is 14.9. The van der Waals surface area contributed by atoms with Gasteiger partial charge in [-0.1, -0.05) is 60.7 Å². The molecule has 19 heavy (non-hydrogen) atoms. The molecule has 92 valence electrons. The average molecular weight is 245 g/mol. The summed E-state index contributed by atoms with van der Waals surface area (Å²) in [5, 5.41) is 3.41. The zero-order valence-corrected chi connectivity index (χ0v) is 10.6. The summed E-state index contributed by atoms with van der Waals surface area (Å²) < 4.78 is 0. The van der Waals surface area contributed by atoms with E-state index in [0.717, 1.165) is 11.4 Å². The van der Waals surface area contributed by atoms with Crippen LogP contribution in [0, 0.1) is 0 Å². The third kappa shape index (κ3) is 2.83. The molecule has 0 spiro atoms. The minimum Gasteiger partial charge on any atom is -0.356 e. The monoisotopic (exact) mass is 245 g/mol. The highest BCUT2D eigenvalue weighted by Crippen LogP contribution is 2.24.